The maximum atomic E-state index is 10.0. The monoisotopic (exact) mass is 145 g/mol. The van der Waals surface area contributed by atoms with Crippen molar-refractivity contribution in [3.63, 3.8) is 0 Å². The smallest absolute Gasteiger partial charge is 0.247 e. The summed E-state index contributed by atoms with van der Waals surface area (Å²) >= 11 is 0. The van der Waals surface area contributed by atoms with E-state index in [0.29, 0.717) is 6.73 Å². The third kappa shape index (κ3) is 7.43. The number of hydrogen-bond acceptors (Lipinski definition) is 2. The molecule has 0 unspecified atom stereocenters. The van der Waals surface area contributed by atoms with Crippen LogP contribution in [-0.4, -0.2) is 19.2 Å². The van der Waals surface area contributed by atoms with Crippen molar-refractivity contribution in [1.82, 2.24) is 5.32 Å². The van der Waals surface area contributed by atoms with Gasteiger partial charge in [0.15, 0.2) is 0 Å². The third-order valence-electron chi connectivity index (χ3n) is 0.605. The van der Waals surface area contributed by atoms with Crippen molar-refractivity contribution in [2.45, 2.75) is 20.8 Å². The summed E-state index contributed by atoms with van der Waals surface area (Å²) in [5.74, 6) is 0.815. The highest BCUT2D eigenvalue weighted by Gasteiger charge is 2.05. The summed E-state index contributed by atoms with van der Waals surface area (Å²) in [7, 11) is 0. The molecule has 60 valence electrons. The molecule has 0 radical (unpaired) electrons. The topological polar surface area (TPSA) is 38.3 Å². The second-order valence-corrected chi connectivity index (χ2v) is 2.82. The Balaban J connectivity index is 0.000000180. The van der Waals surface area contributed by atoms with E-state index in [1.807, 2.05) is 0 Å². The highest BCUT2D eigenvalue weighted by Crippen LogP contribution is 1.81. The predicted molar refractivity (Wildman–Crippen MR) is 39.5 cm³/mol. The Morgan fingerprint density at radius 1 is 1.50 bits per heavy atom. The fourth-order valence-corrected chi connectivity index (χ4v) is 0.326. The van der Waals surface area contributed by atoms with E-state index in [2.05, 4.69) is 30.8 Å². The SMILES string of the molecule is CC(C)C.O=C1COCN1. The summed E-state index contributed by atoms with van der Waals surface area (Å²) in [6.45, 7) is 7.12. The lowest BCUT2D eigenvalue weighted by Gasteiger charge is -1.79. The molecule has 0 saturated carbocycles. The van der Waals surface area contributed by atoms with Crippen molar-refractivity contribution in [3.8, 4) is 0 Å². The van der Waals surface area contributed by atoms with Crippen molar-refractivity contribution in [1.29, 1.82) is 0 Å². The zero-order chi connectivity index (χ0) is 7.98. The van der Waals surface area contributed by atoms with Crippen molar-refractivity contribution >= 4 is 5.91 Å². The fourth-order valence-electron chi connectivity index (χ4n) is 0.326. The molecule has 0 aliphatic carbocycles. The first-order valence-corrected chi connectivity index (χ1v) is 3.47. The molecule has 1 rings (SSSR count). The van der Waals surface area contributed by atoms with E-state index >= 15 is 0 Å². The van der Waals surface area contributed by atoms with Gasteiger partial charge in [0.2, 0.25) is 5.91 Å². The molecule has 3 heteroatoms. The molecule has 0 spiro atoms. The summed E-state index contributed by atoms with van der Waals surface area (Å²) < 4.78 is 4.60. The Kier molecular flexibility index (Phi) is 4.94. The van der Waals surface area contributed by atoms with Crippen molar-refractivity contribution < 1.29 is 9.53 Å². The van der Waals surface area contributed by atoms with Crippen LogP contribution in [0.4, 0.5) is 0 Å². The van der Waals surface area contributed by atoms with Crippen LogP contribution in [0.25, 0.3) is 0 Å². The third-order valence-corrected chi connectivity index (χ3v) is 0.605. The largest absolute Gasteiger partial charge is 0.351 e. The molecule has 0 aromatic rings. The Hall–Kier alpha value is -0.570. The van der Waals surface area contributed by atoms with Gasteiger partial charge in [0.05, 0.1) is 0 Å². The van der Waals surface area contributed by atoms with E-state index in [0.717, 1.165) is 5.92 Å². The number of ether oxygens (including phenoxy) is 1. The molecule has 10 heavy (non-hydrogen) atoms. The van der Waals surface area contributed by atoms with Crippen molar-refractivity contribution in [2.24, 2.45) is 5.92 Å². The molecule has 1 fully saturated rings. The van der Waals surface area contributed by atoms with Crippen LogP contribution in [-0.2, 0) is 9.53 Å². The molecule has 0 aromatic heterocycles. The summed E-state index contributed by atoms with van der Waals surface area (Å²) in [6, 6.07) is 0. The van der Waals surface area contributed by atoms with E-state index in [4.69, 9.17) is 0 Å². The highest BCUT2D eigenvalue weighted by molar-refractivity contribution is 5.78. The zero-order valence-corrected chi connectivity index (χ0v) is 6.81. The Labute approximate surface area is 61.8 Å². The first-order valence-electron chi connectivity index (χ1n) is 3.47. The van der Waals surface area contributed by atoms with Gasteiger partial charge in [-0.05, 0) is 5.92 Å². The van der Waals surface area contributed by atoms with Crippen LogP contribution in [0.1, 0.15) is 20.8 Å². The minimum atomic E-state index is -0.0185. The van der Waals surface area contributed by atoms with Gasteiger partial charge in [-0.3, -0.25) is 4.79 Å². The first-order chi connectivity index (χ1) is 4.63. The van der Waals surface area contributed by atoms with Crippen molar-refractivity contribution in [3.05, 3.63) is 0 Å². The normalized spacial score (nSPS) is 16.2. The fraction of sp³-hybridized carbons (Fsp3) is 0.857. The molecule has 0 aromatic carbocycles. The predicted octanol–water partition coefficient (Wildman–Crippen LogP) is 0.753. The lowest BCUT2D eigenvalue weighted by Crippen LogP contribution is -2.14. The molecular weight excluding hydrogens is 130 g/mol. The summed E-state index contributed by atoms with van der Waals surface area (Å²) in [6.07, 6.45) is 0. The van der Waals surface area contributed by atoms with E-state index in [9.17, 15) is 4.79 Å². The van der Waals surface area contributed by atoms with Gasteiger partial charge in [-0.25, -0.2) is 0 Å². The summed E-state index contributed by atoms with van der Waals surface area (Å²) in [4.78, 5) is 10.0. The Bertz CT molecular complexity index is 91.0. The average molecular weight is 145 g/mol. The van der Waals surface area contributed by atoms with Crippen LogP contribution < -0.4 is 5.32 Å². The quantitative estimate of drug-likeness (QED) is 0.546. The highest BCUT2D eigenvalue weighted by atomic mass is 16.5. The van der Waals surface area contributed by atoms with Crippen LogP contribution in [0.2, 0.25) is 0 Å². The minimum Gasteiger partial charge on any atom is -0.351 e. The number of amides is 1. The average Bonchev–Trinajstić information content (AvgIpc) is 2.15. The molecule has 1 aliphatic rings. The van der Waals surface area contributed by atoms with Gasteiger partial charge in [-0.2, -0.15) is 0 Å². The lowest BCUT2D eigenvalue weighted by molar-refractivity contribution is -0.119. The Morgan fingerprint density at radius 2 is 2.00 bits per heavy atom. The van der Waals surface area contributed by atoms with Gasteiger partial charge < -0.3 is 10.1 Å². The number of carbonyl (C=O) groups excluding carboxylic acids is 1. The lowest BCUT2D eigenvalue weighted by atomic mass is 10.3. The van der Waals surface area contributed by atoms with Crippen LogP contribution >= 0.6 is 0 Å². The molecule has 1 aliphatic heterocycles. The summed E-state index contributed by atoms with van der Waals surface area (Å²) in [5.41, 5.74) is 0. The van der Waals surface area contributed by atoms with Gasteiger partial charge >= 0.3 is 0 Å². The van der Waals surface area contributed by atoms with Gasteiger partial charge in [0.1, 0.15) is 13.3 Å². The molecule has 0 bridgehead atoms. The minimum absolute atomic E-state index is 0.0185. The maximum absolute atomic E-state index is 10.0. The number of hydrogen-bond donors (Lipinski definition) is 1. The van der Waals surface area contributed by atoms with E-state index in [1.54, 1.807) is 0 Å². The van der Waals surface area contributed by atoms with Gasteiger partial charge in [-0.15, -0.1) is 0 Å². The molecule has 1 amide bonds. The van der Waals surface area contributed by atoms with Gasteiger partial charge in [-0.1, -0.05) is 20.8 Å². The summed E-state index contributed by atoms with van der Waals surface area (Å²) in [5, 5.41) is 2.46. The maximum Gasteiger partial charge on any atom is 0.247 e. The molecule has 1 saturated heterocycles. The van der Waals surface area contributed by atoms with Crippen LogP contribution in [0.3, 0.4) is 0 Å². The second kappa shape index (κ2) is 5.23. The first kappa shape index (κ1) is 9.43. The van der Waals surface area contributed by atoms with Crippen LogP contribution in [0.5, 0.6) is 0 Å². The molecule has 3 nitrogen and oxygen atoms in total. The van der Waals surface area contributed by atoms with Gasteiger partial charge in [0.25, 0.3) is 0 Å². The van der Waals surface area contributed by atoms with E-state index in [1.165, 1.54) is 0 Å². The Morgan fingerprint density at radius 3 is 2.10 bits per heavy atom. The zero-order valence-electron chi connectivity index (χ0n) is 6.81. The van der Waals surface area contributed by atoms with Crippen LogP contribution in [0.15, 0.2) is 0 Å². The van der Waals surface area contributed by atoms with E-state index < -0.39 is 0 Å². The molecule has 1 heterocycles. The number of rotatable bonds is 0. The van der Waals surface area contributed by atoms with E-state index in [-0.39, 0.29) is 12.5 Å². The van der Waals surface area contributed by atoms with Crippen molar-refractivity contribution in [2.75, 3.05) is 13.3 Å². The standard InChI is InChI=1S/C4H10.C3H5NO2/c1-4(2)3;5-3-1-6-2-4-3/h4H,1-3H3;1-2H2,(H,4,5). The molecule has 1 N–H and O–H groups in total. The van der Waals surface area contributed by atoms with Crippen LogP contribution in [0, 0.1) is 5.92 Å². The number of carbonyl (C=O) groups is 1. The molecular formula is C7H15NO2. The molecule has 0 atom stereocenters. The number of nitrogens with one attached hydrogen (secondary N) is 1. The second-order valence-electron chi connectivity index (χ2n) is 2.82. The van der Waals surface area contributed by atoms with Gasteiger partial charge in [0, 0.05) is 0 Å².